The van der Waals surface area contributed by atoms with Gasteiger partial charge in [0.2, 0.25) is 0 Å². The summed E-state index contributed by atoms with van der Waals surface area (Å²) in [6, 6.07) is 0. The number of hydrogen-bond donors (Lipinski definition) is 0. The predicted molar refractivity (Wildman–Crippen MR) is 66.9 cm³/mol. The zero-order chi connectivity index (χ0) is 14.7. The molecule has 0 aliphatic carbocycles. The van der Waals surface area contributed by atoms with Gasteiger partial charge in [0.05, 0.1) is 6.61 Å². The van der Waals surface area contributed by atoms with Crippen molar-refractivity contribution in [2.45, 2.75) is 57.8 Å². The quantitative estimate of drug-likeness (QED) is 0.696. The van der Waals surface area contributed by atoms with Crippen LogP contribution in [-0.4, -0.2) is 63.3 Å². The predicted octanol–water partition coefficient (Wildman–Crippen LogP) is 0.456. The van der Waals surface area contributed by atoms with Crippen molar-refractivity contribution >= 4 is 5.97 Å². The van der Waals surface area contributed by atoms with Crippen molar-refractivity contribution in [2.75, 3.05) is 20.3 Å². The molecule has 2 heterocycles. The second-order valence-electron chi connectivity index (χ2n) is 4.94. The Morgan fingerprint density at radius 3 is 1.90 bits per heavy atom. The van der Waals surface area contributed by atoms with Crippen molar-refractivity contribution in [3.8, 4) is 0 Å². The molecule has 6 unspecified atom stereocenters. The summed E-state index contributed by atoms with van der Waals surface area (Å²) < 4.78 is 33.0. The minimum absolute atomic E-state index is 0.136. The molecule has 2 saturated heterocycles. The van der Waals surface area contributed by atoms with Crippen LogP contribution in [0.4, 0.5) is 0 Å². The largest absolute Gasteiger partial charge is 0.463 e. The Morgan fingerprint density at radius 2 is 1.45 bits per heavy atom. The van der Waals surface area contributed by atoms with Crippen LogP contribution in [0.3, 0.4) is 0 Å². The van der Waals surface area contributed by atoms with Crippen LogP contribution in [0, 0.1) is 0 Å². The first kappa shape index (κ1) is 15.7. The number of fused-ring (bicyclic) bond motifs is 1. The first-order valence-electron chi connectivity index (χ1n) is 6.75. The second kappa shape index (κ2) is 6.82. The van der Waals surface area contributed by atoms with E-state index in [4.69, 9.17) is 28.4 Å². The van der Waals surface area contributed by atoms with Crippen LogP contribution in [0.25, 0.3) is 0 Å². The molecule has 2 fully saturated rings. The minimum atomic E-state index is -0.420. The monoisotopic (exact) mass is 290 g/mol. The number of carbonyl (C=O) groups excluding carboxylic acids is 1. The van der Waals surface area contributed by atoms with Crippen LogP contribution in [0.15, 0.2) is 0 Å². The maximum absolute atomic E-state index is 11.0. The maximum atomic E-state index is 11.0. The molecule has 7 heteroatoms. The molecule has 0 aromatic carbocycles. The Bertz CT molecular complexity index is 335. The van der Waals surface area contributed by atoms with Gasteiger partial charge in [-0.15, -0.1) is 0 Å². The molecule has 2 rings (SSSR count). The van der Waals surface area contributed by atoms with Gasteiger partial charge in [0, 0.05) is 14.0 Å². The molecule has 6 atom stereocenters. The molecule has 2 aliphatic rings. The molecule has 0 radical (unpaired) electrons. The molecule has 0 bridgehead atoms. The summed E-state index contributed by atoms with van der Waals surface area (Å²) in [6.45, 7) is 5.50. The molecule has 116 valence electrons. The number of hydrogen-bond acceptors (Lipinski definition) is 7. The Hall–Kier alpha value is -0.730. The van der Waals surface area contributed by atoms with Crippen LogP contribution in [0.1, 0.15) is 20.8 Å². The molecule has 7 nitrogen and oxygen atoms in total. The van der Waals surface area contributed by atoms with E-state index in [1.54, 1.807) is 21.0 Å². The molecule has 0 saturated carbocycles. The normalized spacial score (nSPS) is 41.0. The summed E-state index contributed by atoms with van der Waals surface area (Å²) >= 11 is 0. The maximum Gasteiger partial charge on any atom is 0.302 e. The van der Waals surface area contributed by atoms with E-state index in [9.17, 15) is 4.79 Å². The van der Waals surface area contributed by atoms with E-state index in [1.165, 1.54) is 6.92 Å². The van der Waals surface area contributed by atoms with Gasteiger partial charge >= 0.3 is 5.97 Å². The molecule has 0 aromatic heterocycles. The number of carbonyl (C=O) groups is 1. The van der Waals surface area contributed by atoms with E-state index in [-0.39, 0.29) is 37.0 Å². The third-order valence-corrected chi connectivity index (χ3v) is 3.27. The van der Waals surface area contributed by atoms with Gasteiger partial charge in [-0.3, -0.25) is 4.79 Å². The molecule has 0 aromatic rings. The second-order valence-corrected chi connectivity index (χ2v) is 4.94. The van der Waals surface area contributed by atoms with Gasteiger partial charge in [-0.05, 0) is 13.8 Å². The van der Waals surface area contributed by atoms with E-state index in [0.717, 1.165) is 0 Å². The van der Waals surface area contributed by atoms with Crippen LogP contribution >= 0.6 is 0 Å². The lowest BCUT2D eigenvalue weighted by Crippen LogP contribution is -2.62. The van der Waals surface area contributed by atoms with Crippen LogP contribution in [0.5, 0.6) is 0 Å². The van der Waals surface area contributed by atoms with E-state index in [2.05, 4.69) is 0 Å². The molecule has 0 N–H and O–H groups in total. The van der Waals surface area contributed by atoms with Gasteiger partial charge in [-0.1, -0.05) is 0 Å². The number of rotatable bonds is 4. The van der Waals surface area contributed by atoms with Crippen molar-refractivity contribution in [3.05, 3.63) is 0 Å². The highest BCUT2D eigenvalue weighted by molar-refractivity contribution is 5.65. The van der Waals surface area contributed by atoms with Crippen LogP contribution in [-0.2, 0) is 33.2 Å². The van der Waals surface area contributed by atoms with Crippen molar-refractivity contribution in [1.82, 2.24) is 0 Å². The molecular weight excluding hydrogens is 268 g/mol. The Morgan fingerprint density at radius 1 is 0.950 bits per heavy atom. The van der Waals surface area contributed by atoms with E-state index in [0.29, 0.717) is 6.61 Å². The van der Waals surface area contributed by atoms with Crippen molar-refractivity contribution < 1.29 is 33.2 Å². The number of ether oxygens (including phenoxy) is 6. The Kier molecular flexibility index (Phi) is 5.34. The van der Waals surface area contributed by atoms with Gasteiger partial charge in [0.25, 0.3) is 0 Å². The van der Waals surface area contributed by atoms with Gasteiger partial charge in [-0.2, -0.15) is 0 Å². The van der Waals surface area contributed by atoms with Gasteiger partial charge in [0.15, 0.2) is 12.6 Å². The number of methoxy groups -OCH3 is 1. The fraction of sp³-hybridized carbons (Fsp3) is 0.923. The van der Waals surface area contributed by atoms with Crippen molar-refractivity contribution in [1.29, 1.82) is 0 Å². The molecule has 20 heavy (non-hydrogen) atoms. The first-order valence-corrected chi connectivity index (χ1v) is 6.75. The van der Waals surface area contributed by atoms with E-state index < -0.39 is 12.6 Å². The smallest absolute Gasteiger partial charge is 0.302 e. The lowest BCUT2D eigenvalue weighted by atomic mass is 10.0. The summed E-state index contributed by atoms with van der Waals surface area (Å²) in [4.78, 5) is 11.0. The summed E-state index contributed by atoms with van der Waals surface area (Å²) in [6.07, 6.45) is -2.09. The fourth-order valence-electron chi connectivity index (χ4n) is 2.54. The van der Waals surface area contributed by atoms with Gasteiger partial charge < -0.3 is 28.4 Å². The standard InChI is InChI=1S/C13H22O7/c1-7(14)16-6-11-13-12(19-9(3)18-11)10(5-15-4)17-8(2)20-13/h8-13H,5-6H2,1-4H3. The van der Waals surface area contributed by atoms with Crippen LogP contribution < -0.4 is 0 Å². The SMILES string of the molecule is COCC1OC(C)OC2C(COC(C)=O)OC(C)OC12. The summed E-state index contributed by atoms with van der Waals surface area (Å²) in [5.74, 6) is -0.349. The van der Waals surface area contributed by atoms with E-state index >= 15 is 0 Å². The molecule has 0 spiro atoms. The summed E-state index contributed by atoms with van der Waals surface area (Å²) in [7, 11) is 1.61. The zero-order valence-corrected chi connectivity index (χ0v) is 12.2. The third-order valence-electron chi connectivity index (χ3n) is 3.27. The highest BCUT2D eigenvalue weighted by atomic mass is 16.8. The van der Waals surface area contributed by atoms with Gasteiger partial charge in [-0.25, -0.2) is 0 Å². The zero-order valence-electron chi connectivity index (χ0n) is 12.2. The van der Waals surface area contributed by atoms with Gasteiger partial charge in [0.1, 0.15) is 31.0 Å². The molecule has 0 amide bonds. The minimum Gasteiger partial charge on any atom is -0.463 e. The molecule has 2 aliphatic heterocycles. The molecular formula is C13H22O7. The lowest BCUT2D eigenvalue weighted by molar-refractivity contribution is -0.375. The van der Waals surface area contributed by atoms with Crippen molar-refractivity contribution in [3.63, 3.8) is 0 Å². The van der Waals surface area contributed by atoms with Crippen LogP contribution in [0.2, 0.25) is 0 Å². The van der Waals surface area contributed by atoms with Crippen molar-refractivity contribution in [2.24, 2.45) is 0 Å². The topological polar surface area (TPSA) is 72.5 Å². The third kappa shape index (κ3) is 3.67. The fourth-order valence-corrected chi connectivity index (χ4v) is 2.54. The Labute approximate surface area is 118 Å². The average Bonchev–Trinajstić information content (AvgIpc) is 2.37. The highest BCUT2D eigenvalue weighted by Crippen LogP contribution is 2.31. The highest BCUT2D eigenvalue weighted by Gasteiger charge is 2.48. The number of esters is 1. The average molecular weight is 290 g/mol. The summed E-state index contributed by atoms with van der Waals surface area (Å²) in [5.41, 5.74) is 0. The Balaban J connectivity index is 2.07. The van der Waals surface area contributed by atoms with E-state index in [1.807, 2.05) is 0 Å². The summed E-state index contributed by atoms with van der Waals surface area (Å²) in [5, 5.41) is 0. The lowest BCUT2D eigenvalue weighted by Gasteiger charge is -2.47. The first-order chi connectivity index (χ1) is 9.51.